The van der Waals surface area contributed by atoms with Crippen molar-refractivity contribution in [2.75, 3.05) is 12.4 Å². The lowest BCUT2D eigenvalue weighted by atomic mass is 10.2. The first-order valence-corrected chi connectivity index (χ1v) is 5.33. The molecular formula is C12H11N5. The van der Waals surface area contributed by atoms with E-state index in [0.717, 1.165) is 22.7 Å². The van der Waals surface area contributed by atoms with Gasteiger partial charge in [0, 0.05) is 24.5 Å². The first-order valence-electron chi connectivity index (χ1n) is 5.33. The second-order valence-electron chi connectivity index (χ2n) is 3.64. The van der Waals surface area contributed by atoms with E-state index in [0.29, 0.717) is 0 Å². The van der Waals surface area contributed by atoms with Crippen molar-refractivity contribution in [2.24, 2.45) is 0 Å². The molecule has 0 aliphatic heterocycles. The van der Waals surface area contributed by atoms with E-state index in [1.165, 1.54) is 0 Å². The maximum Gasteiger partial charge on any atom is 0.185 e. The molecule has 0 spiro atoms. The number of rotatable bonds is 2. The average Bonchev–Trinajstić information content (AvgIpc) is 2.83. The fourth-order valence-corrected chi connectivity index (χ4v) is 1.71. The monoisotopic (exact) mass is 225 g/mol. The molecule has 1 N–H and O–H groups in total. The quantitative estimate of drug-likeness (QED) is 0.723. The van der Waals surface area contributed by atoms with Crippen molar-refractivity contribution in [3.8, 4) is 11.4 Å². The predicted molar refractivity (Wildman–Crippen MR) is 65.8 cm³/mol. The van der Waals surface area contributed by atoms with E-state index in [4.69, 9.17) is 0 Å². The summed E-state index contributed by atoms with van der Waals surface area (Å²) in [6.45, 7) is 0. The van der Waals surface area contributed by atoms with Gasteiger partial charge in [0.2, 0.25) is 0 Å². The van der Waals surface area contributed by atoms with Crippen LogP contribution in [0, 0.1) is 0 Å². The average molecular weight is 225 g/mol. The molecule has 3 aromatic rings. The Kier molecular flexibility index (Phi) is 2.22. The molecule has 0 amide bonds. The van der Waals surface area contributed by atoms with Gasteiger partial charge in [0.25, 0.3) is 0 Å². The SMILES string of the molecule is CNc1ccc(-c2nnc3cccnn23)cc1. The third-order valence-electron chi connectivity index (χ3n) is 2.61. The van der Waals surface area contributed by atoms with Crippen LogP contribution >= 0.6 is 0 Å². The summed E-state index contributed by atoms with van der Waals surface area (Å²) < 4.78 is 1.73. The van der Waals surface area contributed by atoms with Crippen LogP contribution in [-0.2, 0) is 0 Å². The molecule has 0 unspecified atom stereocenters. The number of fused-ring (bicyclic) bond motifs is 1. The summed E-state index contributed by atoms with van der Waals surface area (Å²) >= 11 is 0. The molecule has 0 saturated carbocycles. The van der Waals surface area contributed by atoms with Crippen molar-refractivity contribution in [3.05, 3.63) is 42.6 Å². The Morgan fingerprint density at radius 1 is 1.06 bits per heavy atom. The van der Waals surface area contributed by atoms with Crippen LogP contribution in [0.3, 0.4) is 0 Å². The van der Waals surface area contributed by atoms with Crippen LogP contribution in [0.4, 0.5) is 5.69 Å². The van der Waals surface area contributed by atoms with Gasteiger partial charge in [-0.15, -0.1) is 10.2 Å². The van der Waals surface area contributed by atoms with E-state index in [2.05, 4.69) is 20.6 Å². The van der Waals surface area contributed by atoms with Crippen LogP contribution in [0.15, 0.2) is 42.6 Å². The Balaban J connectivity index is 2.13. The molecule has 5 heteroatoms. The second kappa shape index (κ2) is 3.86. The maximum absolute atomic E-state index is 4.24. The first kappa shape index (κ1) is 9.77. The Hall–Kier alpha value is -2.43. The van der Waals surface area contributed by atoms with Gasteiger partial charge in [0.1, 0.15) is 0 Å². The topological polar surface area (TPSA) is 55.1 Å². The fourth-order valence-electron chi connectivity index (χ4n) is 1.71. The lowest BCUT2D eigenvalue weighted by Gasteiger charge is -2.01. The minimum absolute atomic E-state index is 0.750. The molecule has 0 fully saturated rings. The summed E-state index contributed by atoms with van der Waals surface area (Å²) in [6, 6.07) is 11.7. The lowest BCUT2D eigenvalue weighted by Crippen LogP contribution is -1.94. The largest absolute Gasteiger partial charge is 0.388 e. The normalized spacial score (nSPS) is 10.6. The number of aromatic nitrogens is 4. The number of anilines is 1. The lowest BCUT2D eigenvalue weighted by molar-refractivity contribution is 0.936. The molecule has 0 aliphatic rings. The number of benzene rings is 1. The minimum atomic E-state index is 0.750. The molecule has 84 valence electrons. The van der Waals surface area contributed by atoms with E-state index in [1.807, 2.05) is 43.4 Å². The van der Waals surface area contributed by atoms with Gasteiger partial charge in [-0.2, -0.15) is 9.61 Å². The maximum atomic E-state index is 4.24. The standard InChI is InChI=1S/C12H11N5/c1-13-10-6-4-9(5-7-10)12-16-15-11-3-2-8-14-17(11)12/h2-8,13H,1H3. The summed E-state index contributed by atoms with van der Waals surface area (Å²) in [6.07, 6.45) is 1.72. The highest BCUT2D eigenvalue weighted by Gasteiger charge is 2.07. The van der Waals surface area contributed by atoms with Crippen LogP contribution in [0.25, 0.3) is 17.0 Å². The van der Waals surface area contributed by atoms with Crippen LogP contribution in [0.1, 0.15) is 0 Å². The molecule has 2 heterocycles. The van der Waals surface area contributed by atoms with Gasteiger partial charge in [0.05, 0.1) is 0 Å². The summed E-state index contributed by atoms with van der Waals surface area (Å²) in [5, 5.41) is 15.5. The van der Waals surface area contributed by atoms with Crippen molar-refractivity contribution < 1.29 is 0 Å². The molecule has 2 aromatic heterocycles. The third kappa shape index (κ3) is 1.61. The van der Waals surface area contributed by atoms with E-state index in [-0.39, 0.29) is 0 Å². The first-order chi connectivity index (χ1) is 8.38. The van der Waals surface area contributed by atoms with Gasteiger partial charge in [-0.05, 0) is 36.4 Å². The highest BCUT2D eigenvalue weighted by molar-refractivity contribution is 5.61. The number of hydrogen-bond acceptors (Lipinski definition) is 4. The van der Waals surface area contributed by atoms with Gasteiger partial charge < -0.3 is 5.32 Å². The molecule has 0 atom stereocenters. The van der Waals surface area contributed by atoms with Gasteiger partial charge in [0.15, 0.2) is 11.5 Å². The summed E-state index contributed by atoms with van der Waals surface area (Å²) in [7, 11) is 1.89. The molecule has 1 aromatic carbocycles. The smallest absolute Gasteiger partial charge is 0.185 e. The molecule has 0 radical (unpaired) electrons. The molecule has 0 saturated heterocycles. The van der Waals surface area contributed by atoms with Crippen LogP contribution in [0.5, 0.6) is 0 Å². The molecular weight excluding hydrogens is 214 g/mol. The Labute approximate surface area is 98.1 Å². The Morgan fingerprint density at radius 2 is 1.88 bits per heavy atom. The van der Waals surface area contributed by atoms with Crippen molar-refractivity contribution >= 4 is 11.3 Å². The van der Waals surface area contributed by atoms with Crippen molar-refractivity contribution in [1.29, 1.82) is 0 Å². The molecule has 0 aliphatic carbocycles. The van der Waals surface area contributed by atoms with E-state index in [9.17, 15) is 0 Å². The summed E-state index contributed by atoms with van der Waals surface area (Å²) in [4.78, 5) is 0. The van der Waals surface area contributed by atoms with Gasteiger partial charge in [-0.3, -0.25) is 0 Å². The minimum Gasteiger partial charge on any atom is -0.388 e. The Morgan fingerprint density at radius 3 is 2.65 bits per heavy atom. The molecule has 17 heavy (non-hydrogen) atoms. The van der Waals surface area contributed by atoms with E-state index < -0.39 is 0 Å². The summed E-state index contributed by atoms with van der Waals surface area (Å²) in [5.41, 5.74) is 2.81. The van der Waals surface area contributed by atoms with Gasteiger partial charge in [-0.25, -0.2) is 0 Å². The van der Waals surface area contributed by atoms with Gasteiger partial charge >= 0.3 is 0 Å². The highest BCUT2D eigenvalue weighted by atomic mass is 15.4. The predicted octanol–water partition coefficient (Wildman–Crippen LogP) is 1.83. The number of nitrogens with one attached hydrogen (secondary N) is 1. The third-order valence-corrected chi connectivity index (χ3v) is 2.61. The zero-order valence-corrected chi connectivity index (χ0v) is 9.33. The number of nitrogens with zero attached hydrogens (tertiary/aromatic N) is 4. The zero-order chi connectivity index (χ0) is 11.7. The van der Waals surface area contributed by atoms with E-state index >= 15 is 0 Å². The van der Waals surface area contributed by atoms with Crippen LogP contribution in [0.2, 0.25) is 0 Å². The van der Waals surface area contributed by atoms with Gasteiger partial charge in [-0.1, -0.05) is 0 Å². The summed E-state index contributed by atoms with van der Waals surface area (Å²) in [5.74, 6) is 0.753. The molecule has 5 nitrogen and oxygen atoms in total. The molecule has 0 bridgehead atoms. The van der Waals surface area contributed by atoms with Crippen molar-refractivity contribution in [2.45, 2.75) is 0 Å². The second-order valence-corrected chi connectivity index (χ2v) is 3.64. The number of hydrogen-bond donors (Lipinski definition) is 1. The van der Waals surface area contributed by atoms with E-state index in [1.54, 1.807) is 10.7 Å². The highest BCUT2D eigenvalue weighted by Crippen LogP contribution is 2.19. The zero-order valence-electron chi connectivity index (χ0n) is 9.33. The fraction of sp³-hybridized carbons (Fsp3) is 0.0833. The van der Waals surface area contributed by atoms with Crippen molar-refractivity contribution in [1.82, 2.24) is 19.8 Å². The molecule has 3 rings (SSSR count). The van der Waals surface area contributed by atoms with Crippen LogP contribution < -0.4 is 5.32 Å². The Bertz CT molecular complexity index is 641. The van der Waals surface area contributed by atoms with Crippen molar-refractivity contribution in [3.63, 3.8) is 0 Å². The van der Waals surface area contributed by atoms with Crippen LogP contribution in [-0.4, -0.2) is 26.9 Å².